The predicted octanol–water partition coefficient (Wildman–Crippen LogP) is -0.992. The van der Waals surface area contributed by atoms with Gasteiger partial charge in [0, 0.05) is 0 Å². The number of amides is 1. The van der Waals surface area contributed by atoms with Crippen molar-refractivity contribution in [2.24, 2.45) is 5.73 Å². The van der Waals surface area contributed by atoms with E-state index in [0.29, 0.717) is 0 Å². The average molecular weight is 160 g/mol. The Morgan fingerprint density at radius 1 is 1.73 bits per heavy atom. The summed E-state index contributed by atoms with van der Waals surface area (Å²) in [4.78, 5) is 25.9. The number of rotatable bonds is 1. The van der Waals surface area contributed by atoms with E-state index in [1.807, 2.05) is 4.98 Å². The van der Waals surface area contributed by atoms with Crippen molar-refractivity contribution >= 4 is 5.91 Å². The van der Waals surface area contributed by atoms with Crippen LogP contribution in [0, 0.1) is 5.95 Å². The van der Waals surface area contributed by atoms with Gasteiger partial charge in [0.1, 0.15) is 0 Å². The van der Waals surface area contributed by atoms with Crippen LogP contribution >= 0.6 is 0 Å². The highest BCUT2D eigenvalue weighted by atomic mass is 19.1. The number of carbonyl (C=O) groups excluding carboxylic acids is 1. The molecule has 0 aliphatic carbocycles. The van der Waals surface area contributed by atoms with Gasteiger partial charge in [-0.1, -0.05) is 0 Å². The maximum absolute atomic E-state index is 12.2. The molecule has 0 spiro atoms. The summed E-state index contributed by atoms with van der Waals surface area (Å²) in [6.45, 7) is 0. The first kappa shape index (κ1) is 7.39. The fourth-order valence-electron chi connectivity index (χ4n) is 0.550. The van der Waals surface area contributed by atoms with E-state index in [1.54, 1.807) is 0 Å². The Balaban J connectivity index is 3.35. The third kappa shape index (κ3) is 1.40. The second-order valence-electron chi connectivity index (χ2n) is 1.77. The first-order chi connectivity index (χ1) is 5.11. The van der Waals surface area contributed by atoms with E-state index in [9.17, 15) is 14.0 Å². The van der Waals surface area contributed by atoms with Crippen LogP contribution in [0.5, 0.6) is 0 Å². The van der Waals surface area contributed by atoms with Crippen molar-refractivity contribution in [2.45, 2.75) is 0 Å². The molecule has 1 aromatic rings. The van der Waals surface area contributed by atoms with Crippen molar-refractivity contribution in [3.63, 3.8) is 0 Å². The van der Waals surface area contributed by atoms with Gasteiger partial charge in [0.2, 0.25) is 5.95 Å². The number of carbonyl (C=O) groups is 1. The molecular weight excluding hydrogens is 156 g/mol. The van der Waals surface area contributed by atoms with Crippen LogP contribution in [0.4, 0.5) is 4.39 Å². The van der Waals surface area contributed by atoms with E-state index >= 15 is 0 Å². The van der Waals surface area contributed by atoms with Crippen molar-refractivity contribution in [1.82, 2.24) is 9.97 Å². The lowest BCUT2D eigenvalue weighted by molar-refractivity contribution is 0.0992. The smallest absolute Gasteiger partial charge is 0.279 e. The standard InChI is InChI=1S/C5H4FN3O2/c6-2-1-8-5(11)3(9-2)4(7)10/h1H,(H2,7,10)(H,8,11)/i7+1,8+1,9+1. The summed E-state index contributed by atoms with van der Waals surface area (Å²) in [7, 11) is 0. The number of hydrogen-bond acceptors (Lipinski definition) is 3. The average Bonchev–Trinajstić information content (AvgIpc) is 1.94. The van der Waals surface area contributed by atoms with Gasteiger partial charge in [0.15, 0.2) is 5.69 Å². The molecule has 0 atom stereocenters. The fourth-order valence-corrected chi connectivity index (χ4v) is 0.550. The number of nitrogens with one attached hydrogen (secondary N) is 1. The minimum absolute atomic E-state index is 0.620. The molecule has 0 aromatic carbocycles. The van der Waals surface area contributed by atoms with Crippen LogP contribution in [0.3, 0.4) is 0 Å². The maximum atomic E-state index is 12.2. The Morgan fingerprint density at radius 2 is 2.36 bits per heavy atom. The minimum atomic E-state index is -1.05. The predicted molar refractivity (Wildman–Crippen MR) is 33.3 cm³/mol. The molecular formula is C5H4FN3O2. The number of H-pyrrole nitrogens is 1. The van der Waals surface area contributed by atoms with E-state index in [-0.39, 0.29) is 0 Å². The molecule has 0 saturated heterocycles. The van der Waals surface area contributed by atoms with Gasteiger partial charge in [0.05, 0.1) is 6.20 Å². The highest BCUT2D eigenvalue weighted by Gasteiger charge is 2.08. The van der Waals surface area contributed by atoms with Crippen LogP contribution in [0.25, 0.3) is 0 Å². The molecule has 0 radical (unpaired) electrons. The molecule has 1 aromatic heterocycles. The Bertz CT molecular complexity index is 346. The summed E-state index contributed by atoms with van der Waals surface area (Å²) in [5.41, 5.74) is 3.28. The van der Waals surface area contributed by atoms with Crippen LogP contribution in [0.15, 0.2) is 11.0 Å². The number of hydrogen-bond donors (Lipinski definition) is 2. The lowest BCUT2D eigenvalue weighted by Crippen LogP contribution is -2.25. The van der Waals surface area contributed by atoms with Gasteiger partial charge in [0.25, 0.3) is 11.5 Å². The van der Waals surface area contributed by atoms with E-state index in [1.165, 1.54) is 0 Å². The van der Waals surface area contributed by atoms with Crippen LogP contribution in [-0.4, -0.2) is 15.9 Å². The molecule has 3 N–H and O–H groups in total. The lowest BCUT2D eigenvalue weighted by atomic mass is 10.5. The van der Waals surface area contributed by atoms with Gasteiger partial charge >= 0.3 is 0 Å². The molecule has 1 rings (SSSR count). The molecule has 0 bridgehead atoms. The van der Waals surface area contributed by atoms with Gasteiger partial charge in [-0.2, -0.15) is 4.39 Å². The number of aromatic nitrogens is 2. The number of aromatic amines is 1. The number of halogens is 1. The first-order valence-electron chi connectivity index (χ1n) is 2.66. The van der Waals surface area contributed by atoms with E-state index in [2.05, 4.69) is 4.98 Å². The molecule has 0 aliphatic heterocycles. The van der Waals surface area contributed by atoms with Crippen molar-refractivity contribution in [2.75, 3.05) is 0 Å². The molecule has 0 fully saturated rings. The lowest BCUT2D eigenvalue weighted by Gasteiger charge is -1.91. The highest BCUT2D eigenvalue weighted by molar-refractivity contribution is 5.90. The van der Waals surface area contributed by atoms with E-state index in [0.717, 1.165) is 6.20 Å². The van der Waals surface area contributed by atoms with Crippen LogP contribution in [0.1, 0.15) is 10.5 Å². The van der Waals surface area contributed by atoms with Crippen molar-refractivity contribution < 1.29 is 9.18 Å². The molecule has 1 amide bonds. The van der Waals surface area contributed by atoms with Crippen molar-refractivity contribution in [1.29, 1.82) is 0 Å². The van der Waals surface area contributed by atoms with Crippen LogP contribution in [-0.2, 0) is 0 Å². The molecule has 0 aliphatic rings. The third-order valence-electron chi connectivity index (χ3n) is 0.989. The zero-order chi connectivity index (χ0) is 8.43. The van der Waals surface area contributed by atoms with Crippen LogP contribution in [0.2, 0.25) is 0 Å². The summed E-state index contributed by atoms with van der Waals surface area (Å²) in [6.07, 6.45) is 0.745. The van der Waals surface area contributed by atoms with E-state index < -0.39 is 23.1 Å². The monoisotopic (exact) mass is 160 g/mol. The van der Waals surface area contributed by atoms with Gasteiger partial charge in [-0.3, -0.25) is 9.59 Å². The van der Waals surface area contributed by atoms with Gasteiger partial charge < -0.3 is 10.7 Å². The summed E-state index contributed by atoms with van der Waals surface area (Å²) < 4.78 is 12.2. The van der Waals surface area contributed by atoms with Crippen molar-refractivity contribution in [3.8, 4) is 0 Å². The molecule has 1 heterocycles. The molecule has 0 saturated carbocycles. The molecule has 6 heteroatoms. The summed E-state index contributed by atoms with van der Waals surface area (Å²) >= 11 is 0. The maximum Gasteiger partial charge on any atom is 0.279 e. The number of primary amides is 1. The molecule has 11 heavy (non-hydrogen) atoms. The minimum Gasteiger partial charge on any atom is -0.364 e. The van der Waals surface area contributed by atoms with Gasteiger partial charge in [-0.25, -0.2) is 4.98 Å². The van der Waals surface area contributed by atoms with Crippen LogP contribution < -0.4 is 11.3 Å². The Hall–Kier alpha value is -1.72. The Morgan fingerprint density at radius 3 is 2.82 bits per heavy atom. The summed E-state index contributed by atoms with van der Waals surface area (Å²) in [6, 6.07) is 0. The van der Waals surface area contributed by atoms with Gasteiger partial charge in [-0.15, -0.1) is 0 Å². The SMILES string of the molecule is [15NH2]C(=O)c1[15n]c(F)c[15nH]c1=O. The summed E-state index contributed by atoms with van der Waals surface area (Å²) in [5.74, 6) is -2.00. The van der Waals surface area contributed by atoms with Gasteiger partial charge in [-0.05, 0) is 0 Å². The Kier molecular flexibility index (Phi) is 1.67. The topological polar surface area (TPSA) is 88.8 Å². The highest BCUT2D eigenvalue weighted by Crippen LogP contribution is 1.86. The third-order valence-corrected chi connectivity index (χ3v) is 0.989. The fraction of sp³-hybridized carbons (Fsp3) is 0. The number of nitrogens with zero attached hydrogens (tertiary/aromatic N) is 1. The Labute approximate surface area is 60.1 Å². The zero-order valence-electron chi connectivity index (χ0n) is 5.30. The summed E-state index contributed by atoms with van der Waals surface area (Å²) in [5, 5.41) is 0. The first-order valence-corrected chi connectivity index (χ1v) is 2.66. The molecule has 0 unspecified atom stereocenters. The van der Waals surface area contributed by atoms with E-state index in [4.69, 9.17) is 5.73 Å². The van der Waals surface area contributed by atoms with Crippen molar-refractivity contribution in [3.05, 3.63) is 28.2 Å². The second-order valence-corrected chi connectivity index (χ2v) is 1.77. The number of nitrogens with two attached hydrogens (primary N) is 1. The largest absolute Gasteiger partial charge is 0.364 e. The second kappa shape index (κ2) is 2.49. The quantitative estimate of drug-likeness (QED) is 0.517. The zero-order valence-corrected chi connectivity index (χ0v) is 5.30. The molecule has 58 valence electrons. The molecule has 5 nitrogen and oxygen atoms in total. The normalized spacial score (nSPS) is 9.55.